The molecule has 11 heavy (non-hydrogen) atoms. The Morgan fingerprint density at radius 1 is 1.18 bits per heavy atom. The van der Waals surface area contributed by atoms with Crippen LogP contribution in [0.1, 0.15) is 25.7 Å². The molecule has 0 aliphatic heterocycles. The lowest BCUT2D eigenvalue weighted by Gasteiger charge is -1.92. The number of hydrogen-bond acceptors (Lipinski definition) is 2. The molecule has 66 valence electrons. The monoisotopic (exact) mass is 160 g/mol. The van der Waals surface area contributed by atoms with Gasteiger partial charge in [0.1, 0.15) is 0 Å². The summed E-state index contributed by atoms with van der Waals surface area (Å²) < 4.78 is 0. The third kappa shape index (κ3) is 17.6. The van der Waals surface area contributed by atoms with Crippen molar-refractivity contribution in [2.75, 3.05) is 6.61 Å². The topological polar surface area (TPSA) is 57.5 Å². The Balaban J connectivity index is 0. The molecule has 0 aromatic rings. The standard InChI is InChI=1S/C6H12O3.C2H4/c7-5-3-1-2-4-6(8)9;1-2/h7H,1-5H2,(H,8,9);1-2H2. The number of aliphatic hydroxyl groups is 1. The van der Waals surface area contributed by atoms with Crippen molar-refractivity contribution in [3.05, 3.63) is 13.2 Å². The van der Waals surface area contributed by atoms with Crippen molar-refractivity contribution in [2.24, 2.45) is 0 Å². The summed E-state index contributed by atoms with van der Waals surface area (Å²) in [6.45, 7) is 6.17. The van der Waals surface area contributed by atoms with Crippen LogP contribution in [0.2, 0.25) is 0 Å². The van der Waals surface area contributed by atoms with Crippen LogP contribution in [0.5, 0.6) is 0 Å². The summed E-state index contributed by atoms with van der Waals surface area (Å²) >= 11 is 0. The highest BCUT2D eigenvalue weighted by atomic mass is 16.4. The lowest BCUT2D eigenvalue weighted by molar-refractivity contribution is -0.137. The predicted octanol–water partition coefficient (Wildman–Crippen LogP) is 1.43. The first kappa shape index (κ1) is 12.8. The largest absolute Gasteiger partial charge is 0.481 e. The zero-order valence-corrected chi connectivity index (χ0v) is 6.75. The van der Waals surface area contributed by atoms with Gasteiger partial charge in [-0.1, -0.05) is 6.42 Å². The highest BCUT2D eigenvalue weighted by molar-refractivity contribution is 5.66. The van der Waals surface area contributed by atoms with Gasteiger partial charge in [0.05, 0.1) is 0 Å². The first-order valence-corrected chi connectivity index (χ1v) is 3.60. The van der Waals surface area contributed by atoms with Crippen LogP contribution in [-0.4, -0.2) is 22.8 Å². The fraction of sp³-hybridized carbons (Fsp3) is 0.625. The zero-order chi connectivity index (χ0) is 9.11. The van der Waals surface area contributed by atoms with Gasteiger partial charge in [0.2, 0.25) is 0 Å². The van der Waals surface area contributed by atoms with Gasteiger partial charge in [-0.25, -0.2) is 0 Å². The number of aliphatic carboxylic acids is 1. The van der Waals surface area contributed by atoms with E-state index < -0.39 is 5.97 Å². The fourth-order valence-electron chi connectivity index (χ4n) is 0.565. The normalized spacial score (nSPS) is 8.09. The Morgan fingerprint density at radius 3 is 2.09 bits per heavy atom. The van der Waals surface area contributed by atoms with E-state index in [2.05, 4.69) is 13.2 Å². The number of rotatable bonds is 5. The van der Waals surface area contributed by atoms with Crippen molar-refractivity contribution < 1.29 is 15.0 Å². The molecule has 0 aromatic carbocycles. The minimum atomic E-state index is -0.757. The number of carboxylic acid groups (broad SMARTS) is 1. The Kier molecular flexibility index (Phi) is 13.9. The Bertz CT molecular complexity index is 91.3. The molecule has 0 aliphatic rings. The lowest BCUT2D eigenvalue weighted by atomic mass is 10.2. The van der Waals surface area contributed by atoms with E-state index in [1.165, 1.54) is 0 Å². The quantitative estimate of drug-likeness (QED) is 0.472. The molecular formula is C8H16O3. The zero-order valence-electron chi connectivity index (χ0n) is 6.75. The van der Waals surface area contributed by atoms with Crippen LogP contribution in [0.3, 0.4) is 0 Å². The van der Waals surface area contributed by atoms with Crippen molar-refractivity contribution in [3.8, 4) is 0 Å². The van der Waals surface area contributed by atoms with E-state index in [0.717, 1.165) is 6.42 Å². The van der Waals surface area contributed by atoms with E-state index >= 15 is 0 Å². The molecule has 0 saturated heterocycles. The van der Waals surface area contributed by atoms with Gasteiger partial charge in [-0.3, -0.25) is 4.79 Å². The van der Waals surface area contributed by atoms with Gasteiger partial charge < -0.3 is 10.2 Å². The second kappa shape index (κ2) is 11.9. The molecule has 0 radical (unpaired) electrons. The fourth-order valence-corrected chi connectivity index (χ4v) is 0.565. The average molecular weight is 160 g/mol. The minimum Gasteiger partial charge on any atom is -0.481 e. The number of carboxylic acids is 1. The van der Waals surface area contributed by atoms with Crippen molar-refractivity contribution in [2.45, 2.75) is 25.7 Å². The molecule has 0 heterocycles. The third-order valence-corrected chi connectivity index (χ3v) is 1.05. The molecule has 2 N–H and O–H groups in total. The second-order valence-electron chi connectivity index (χ2n) is 1.93. The Labute approximate surface area is 67.4 Å². The van der Waals surface area contributed by atoms with Gasteiger partial charge in [-0.2, -0.15) is 0 Å². The highest BCUT2D eigenvalue weighted by Gasteiger charge is 1.94. The summed E-state index contributed by atoms with van der Waals surface area (Å²) in [5.41, 5.74) is 0. The number of carbonyl (C=O) groups is 1. The number of hydrogen-bond donors (Lipinski definition) is 2. The van der Waals surface area contributed by atoms with Crippen LogP contribution in [-0.2, 0) is 4.79 Å². The minimum absolute atomic E-state index is 0.166. The van der Waals surface area contributed by atoms with Gasteiger partial charge in [0, 0.05) is 13.0 Å². The molecule has 0 fully saturated rings. The van der Waals surface area contributed by atoms with E-state index in [9.17, 15) is 4.79 Å². The van der Waals surface area contributed by atoms with Crippen molar-refractivity contribution in [1.82, 2.24) is 0 Å². The van der Waals surface area contributed by atoms with Crippen LogP contribution in [0.15, 0.2) is 13.2 Å². The van der Waals surface area contributed by atoms with Crippen molar-refractivity contribution in [1.29, 1.82) is 0 Å². The van der Waals surface area contributed by atoms with Crippen LogP contribution in [0.25, 0.3) is 0 Å². The molecule has 0 unspecified atom stereocenters. The number of unbranched alkanes of at least 4 members (excludes halogenated alkanes) is 2. The maximum absolute atomic E-state index is 9.90. The van der Waals surface area contributed by atoms with Crippen LogP contribution in [0.4, 0.5) is 0 Å². The van der Waals surface area contributed by atoms with Gasteiger partial charge >= 0.3 is 5.97 Å². The van der Waals surface area contributed by atoms with Gasteiger partial charge in [-0.15, -0.1) is 13.2 Å². The number of aliphatic hydroxyl groups excluding tert-OH is 1. The molecule has 0 amide bonds. The first-order valence-electron chi connectivity index (χ1n) is 3.60. The molecule has 0 aromatic heterocycles. The molecule has 0 aliphatic carbocycles. The average Bonchev–Trinajstić information content (AvgIpc) is 2.02. The van der Waals surface area contributed by atoms with Crippen molar-refractivity contribution >= 4 is 5.97 Å². The van der Waals surface area contributed by atoms with Crippen molar-refractivity contribution in [3.63, 3.8) is 0 Å². The maximum atomic E-state index is 9.90. The summed E-state index contributed by atoms with van der Waals surface area (Å²) in [4.78, 5) is 9.90. The van der Waals surface area contributed by atoms with E-state index in [1.54, 1.807) is 0 Å². The summed E-state index contributed by atoms with van der Waals surface area (Å²) in [6, 6.07) is 0. The summed E-state index contributed by atoms with van der Waals surface area (Å²) in [6.07, 6.45) is 2.42. The predicted molar refractivity (Wildman–Crippen MR) is 44.4 cm³/mol. The summed E-state index contributed by atoms with van der Waals surface area (Å²) in [5, 5.41) is 16.4. The summed E-state index contributed by atoms with van der Waals surface area (Å²) in [5.74, 6) is -0.757. The Morgan fingerprint density at radius 2 is 1.73 bits per heavy atom. The molecule has 0 atom stereocenters. The summed E-state index contributed by atoms with van der Waals surface area (Å²) in [7, 11) is 0. The van der Waals surface area contributed by atoms with Crippen LogP contribution in [0, 0.1) is 0 Å². The van der Waals surface area contributed by atoms with Gasteiger partial charge in [0.15, 0.2) is 0 Å². The van der Waals surface area contributed by atoms with E-state index in [-0.39, 0.29) is 13.0 Å². The molecular weight excluding hydrogens is 144 g/mol. The Hall–Kier alpha value is -0.830. The highest BCUT2D eigenvalue weighted by Crippen LogP contribution is 1.97. The SMILES string of the molecule is C=C.O=C(O)CCCCCO. The molecule has 0 bridgehead atoms. The van der Waals surface area contributed by atoms with Gasteiger partial charge in [0.25, 0.3) is 0 Å². The third-order valence-electron chi connectivity index (χ3n) is 1.05. The van der Waals surface area contributed by atoms with E-state index in [1.807, 2.05) is 0 Å². The smallest absolute Gasteiger partial charge is 0.303 e. The second-order valence-corrected chi connectivity index (χ2v) is 1.93. The molecule has 0 spiro atoms. The van der Waals surface area contributed by atoms with Gasteiger partial charge in [-0.05, 0) is 12.8 Å². The lowest BCUT2D eigenvalue weighted by Crippen LogP contribution is -1.94. The molecule has 3 heteroatoms. The molecule has 0 saturated carbocycles. The molecule has 3 nitrogen and oxygen atoms in total. The van der Waals surface area contributed by atoms with E-state index in [4.69, 9.17) is 10.2 Å². The molecule has 0 rings (SSSR count). The van der Waals surface area contributed by atoms with Crippen LogP contribution >= 0.6 is 0 Å². The van der Waals surface area contributed by atoms with E-state index in [0.29, 0.717) is 12.8 Å². The van der Waals surface area contributed by atoms with Crippen LogP contribution < -0.4 is 0 Å². The maximum Gasteiger partial charge on any atom is 0.303 e. The first-order chi connectivity index (χ1) is 5.27.